The molecule has 2 heterocycles. The van der Waals surface area contributed by atoms with Crippen molar-refractivity contribution in [1.29, 1.82) is 0 Å². The Hall–Kier alpha value is -2.29. The Morgan fingerprint density at radius 2 is 1.97 bits per heavy atom. The second-order valence-electron chi connectivity index (χ2n) is 6.96. The third kappa shape index (κ3) is 4.71. The summed E-state index contributed by atoms with van der Waals surface area (Å²) in [5, 5.41) is 1.54. The van der Waals surface area contributed by atoms with Crippen molar-refractivity contribution >= 4 is 33.6 Å². The van der Waals surface area contributed by atoms with Crippen LogP contribution in [-0.2, 0) is 4.74 Å². The maximum atomic E-state index is 14.8. The van der Waals surface area contributed by atoms with Crippen LogP contribution in [0.25, 0.3) is 11.1 Å². The number of rotatable bonds is 4. The molecule has 0 aliphatic carbocycles. The maximum Gasteiger partial charge on any atom is 0.231 e. The fraction of sp³-hybridized carbons (Fsp3) is 0.318. The summed E-state index contributed by atoms with van der Waals surface area (Å²) in [5.74, 6) is 0.301. The van der Waals surface area contributed by atoms with Crippen LogP contribution in [0, 0.1) is 5.82 Å². The van der Waals surface area contributed by atoms with Crippen LogP contribution >= 0.6 is 23.3 Å². The first-order valence-electron chi connectivity index (χ1n) is 9.79. The van der Waals surface area contributed by atoms with Crippen LogP contribution in [0.15, 0.2) is 53.5 Å². The van der Waals surface area contributed by atoms with E-state index < -0.39 is 0 Å². The highest BCUT2D eigenvalue weighted by molar-refractivity contribution is 8.13. The fourth-order valence-corrected chi connectivity index (χ4v) is 4.64. The monoisotopic (exact) mass is 442 g/mol. The summed E-state index contributed by atoms with van der Waals surface area (Å²) >= 11 is 2.87. The van der Waals surface area contributed by atoms with Crippen molar-refractivity contribution < 1.29 is 9.13 Å². The SMILES string of the molecule is CSC(=Nc1nc(C(C)c2ccc(-c3ccccc3)c(F)c2)ns1)N1CCOCC1. The average Bonchev–Trinajstić information content (AvgIpc) is 3.26. The summed E-state index contributed by atoms with van der Waals surface area (Å²) < 4.78 is 24.7. The standard InChI is InChI=1S/C22H23FN4OS2/c1-15(17-8-9-18(19(23)14-17)16-6-4-3-5-7-16)20-24-21(30-26-20)25-22(29-2)27-10-12-28-13-11-27/h3-9,14-15H,10-13H2,1-2H3. The molecule has 0 saturated carbocycles. The summed E-state index contributed by atoms with van der Waals surface area (Å²) in [7, 11) is 0. The number of hydrogen-bond acceptors (Lipinski definition) is 6. The number of amidine groups is 1. The number of morpholine rings is 1. The molecule has 1 unspecified atom stereocenters. The number of hydrogen-bond donors (Lipinski definition) is 0. The number of nitrogens with zero attached hydrogens (tertiary/aromatic N) is 4. The van der Waals surface area contributed by atoms with Crippen molar-refractivity contribution in [3.63, 3.8) is 0 Å². The molecule has 3 aromatic rings. The minimum Gasteiger partial charge on any atom is -0.378 e. The summed E-state index contributed by atoms with van der Waals surface area (Å²) in [6.45, 7) is 5.07. The third-order valence-corrected chi connectivity index (χ3v) is 6.39. The van der Waals surface area contributed by atoms with Crippen molar-refractivity contribution in [1.82, 2.24) is 14.3 Å². The molecule has 8 heteroatoms. The van der Waals surface area contributed by atoms with E-state index in [1.54, 1.807) is 17.8 Å². The second kappa shape index (κ2) is 9.68. The molecule has 1 fully saturated rings. The number of thioether (sulfide) groups is 1. The van der Waals surface area contributed by atoms with Crippen LogP contribution in [0.4, 0.5) is 9.52 Å². The highest BCUT2D eigenvalue weighted by Gasteiger charge is 2.19. The van der Waals surface area contributed by atoms with E-state index in [1.165, 1.54) is 11.5 Å². The number of aliphatic imine (C=N–C) groups is 1. The lowest BCUT2D eigenvalue weighted by Crippen LogP contribution is -2.39. The zero-order valence-corrected chi connectivity index (χ0v) is 18.5. The Labute approximate surface area is 184 Å². The number of aromatic nitrogens is 2. The van der Waals surface area contributed by atoms with Gasteiger partial charge in [-0.3, -0.25) is 0 Å². The Balaban J connectivity index is 1.53. The third-order valence-electron chi connectivity index (χ3n) is 5.05. The first-order valence-corrected chi connectivity index (χ1v) is 11.8. The summed E-state index contributed by atoms with van der Waals surface area (Å²) in [5.41, 5.74) is 2.31. The first kappa shape index (κ1) is 21.0. The predicted octanol–water partition coefficient (Wildman–Crippen LogP) is 5.18. The van der Waals surface area contributed by atoms with Crippen LogP contribution in [0.2, 0.25) is 0 Å². The molecule has 0 spiro atoms. The Kier molecular flexibility index (Phi) is 6.76. The van der Waals surface area contributed by atoms with Crippen LogP contribution in [0.5, 0.6) is 0 Å². The van der Waals surface area contributed by atoms with E-state index in [-0.39, 0.29) is 11.7 Å². The highest BCUT2D eigenvalue weighted by Crippen LogP contribution is 2.30. The lowest BCUT2D eigenvalue weighted by Gasteiger charge is -2.28. The van der Waals surface area contributed by atoms with Gasteiger partial charge in [0.1, 0.15) is 5.82 Å². The quantitative estimate of drug-likeness (QED) is 0.412. The molecular weight excluding hydrogens is 419 g/mol. The molecule has 1 saturated heterocycles. The summed E-state index contributed by atoms with van der Waals surface area (Å²) in [6.07, 6.45) is 2.01. The van der Waals surface area contributed by atoms with Crippen molar-refractivity contribution in [2.45, 2.75) is 12.8 Å². The maximum absolute atomic E-state index is 14.8. The van der Waals surface area contributed by atoms with Gasteiger partial charge in [-0.15, -0.1) is 0 Å². The van der Waals surface area contributed by atoms with Crippen LogP contribution in [0.3, 0.4) is 0 Å². The molecule has 0 N–H and O–H groups in total. The van der Waals surface area contributed by atoms with Gasteiger partial charge in [0.05, 0.1) is 13.2 Å². The fourth-order valence-electron chi connectivity index (χ4n) is 3.33. The number of halogens is 1. The second-order valence-corrected chi connectivity index (χ2v) is 8.46. The van der Waals surface area contributed by atoms with Crippen molar-refractivity contribution in [3.8, 4) is 11.1 Å². The average molecular weight is 443 g/mol. The normalized spacial score (nSPS) is 16.0. The molecule has 30 heavy (non-hydrogen) atoms. The zero-order chi connectivity index (χ0) is 20.9. The zero-order valence-electron chi connectivity index (χ0n) is 16.9. The van der Waals surface area contributed by atoms with E-state index in [0.29, 0.717) is 29.7 Å². The van der Waals surface area contributed by atoms with Gasteiger partial charge in [0, 0.05) is 36.1 Å². The smallest absolute Gasteiger partial charge is 0.231 e. The molecule has 1 aliphatic rings. The Morgan fingerprint density at radius 1 is 1.20 bits per heavy atom. The van der Waals surface area contributed by atoms with E-state index in [1.807, 2.05) is 55.6 Å². The van der Waals surface area contributed by atoms with Gasteiger partial charge >= 0.3 is 0 Å². The lowest BCUT2D eigenvalue weighted by molar-refractivity contribution is 0.0694. The van der Waals surface area contributed by atoms with Gasteiger partial charge in [0.25, 0.3) is 0 Å². The molecule has 0 amide bonds. The van der Waals surface area contributed by atoms with Gasteiger partial charge in [0.15, 0.2) is 11.0 Å². The van der Waals surface area contributed by atoms with Gasteiger partial charge in [-0.2, -0.15) is 9.37 Å². The van der Waals surface area contributed by atoms with E-state index in [4.69, 9.17) is 4.74 Å². The summed E-state index contributed by atoms with van der Waals surface area (Å²) in [6, 6.07) is 14.9. The van der Waals surface area contributed by atoms with E-state index in [2.05, 4.69) is 19.2 Å². The molecule has 0 bridgehead atoms. The van der Waals surface area contributed by atoms with Crippen LogP contribution in [0.1, 0.15) is 24.2 Å². The minimum absolute atomic E-state index is 0.120. The number of ether oxygens (including phenoxy) is 1. The Bertz CT molecular complexity index is 1020. The molecule has 1 aliphatic heterocycles. The number of benzene rings is 2. The van der Waals surface area contributed by atoms with Gasteiger partial charge in [-0.1, -0.05) is 61.2 Å². The van der Waals surface area contributed by atoms with Crippen LogP contribution < -0.4 is 0 Å². The summed E-state index contributed by atoms with van der Waals surface area (Å²) in [4.78, 5) is 11.5. The Morgan fingerprint density at radius 3 is 2.67 bits per heavy atom. The predicted molar refractivity (Wildman–Crippen MR) is 122 cm³/mol. The van der Waals surface area contributed by atoms with E-state index >= 15 is 0 Å². The molecule has 2 aromatic carbocycles. The van der Waals surface area contributed by atoms with E-state index in [9.17, 15) is 4.39 Å². The topological polar surface area (TPSA) is 50.6 Å². The van der Waals surface area contributed by atoms with Crippen molar-refractivity contribution in [2.75, 3.05) is 32.6 Å². The molecule has 1 atom stereocenters. The van der Waals surface area contributed by atoms with Gasteiger partial charge in [0.2, 0.25) is 5.13 Å². The molecular formula is C22H23FN4OS2. The molecule has 4 rings (SSSR count). The van der Waals surface area contributed by atoms with Crippen LogP contribution in [-0.4, -0.2) is 52.0 Å². The van der Waals surface area contributed by atoms with Crippen molar-refractivity contribution in [2.24, 2.45) is 4.99 Å². The minimum atomic E-state index is -0.240. The molecule has 0 radical (unpaired) electrons. The van der Waals surface area contributed by atoms with Gasteiger partial charge < -0.3 is 9.64 Å². The van der Waals surface area contributed by atoms with Crippen molar-refractivity contribution in [3.05, 3.63) is 65.7 Å². The largest absolute Gasteiger partial charge is 0.378 e. The highest BCUT2D eigenvalue weighted by atomic mass is 32.2. The molecule has 5 nitrogen and oxygen atoms in total. The molecule has 1 aromatic heterocycles. The lowest BCUT2D eigenvalue weighted by atomic mass is 9.96. The first-order chi connectivity index (χ1) is 14.7. The van der Waals surface area contributed by atoms with E-state index in [0.717, 1.165) is 29.4 Å². The van der Waals surface area contributed by atoms with Gasteiger partial charge in [-0.05, 0) is 23.4 Å². The van der Waals surface area contributed by atoms with Gasteiger partial charge in [-0.25, -0.2) is 9.37 Å². The molecule has 156 valence electrons.